The molecule has 48 heavy (non-hydrogen) atoms. The highest BCUT2D eigenvalue weighted by Gasteiger charge is 2.33. The van der Waals surface area contributed by atoms with E-state index in [2.05, 4.69) is 39.0 Å². The molecule has 0 saturated carbocycles. The third-order valence-corrected chi connectivity index (χ3v) is 8.51. The lowest BCUT2D eigenvalue weighted by Crippen LogP contribution is -2.33. The number of hydrogen-bond donors (Lipinski definition) is 1. The minimum atomic E-state index is -4.77. The molecule has 3 amide bonds. The number of anilines is 1. The average molecular weight is 681 g/mol. The number of benzene rings is 3. The molecule has 1 unspecified atom stereocenters. The van der Waals surface area contributed by atoms with Gasteiger partial charge in [-0.25, -0.2) is 14.5 Å². The van der Waals surface area contributed by atoms with Gasteiger partial charge in [0.25, 0.3) is 0 Å². The van der Waals surface area contributed by atoms with Gasteiger partial charge in [-0.05, 0) is 60.2 Å². The molecule has 1 aromatic heterocycles. The second-order valence-electron chi connectivity index (χ2n) is 11.5. The highest BCUT2D eigenvalue weighted by Crippen LogP contribution is 2.34. The number of amides is 3. The summed E-state index contributed by atoms with van der Waals surface area (Å²) < 4.78 is 48.2. The largest absolute Gasteiger partial charge is 0.573 e. The first kappa shape index (κ1) is 34.5. The number of amidine groups is 1. The lowest BCUT2D eigenvalue weighted by molar-refractivity contribution is -0.274. The maximum atomic E-state index is 13.0. The number of nitrogens with one attached hydrogen (secondary N) is 1. The summed E-state index contributed by atoms with van der Waals surface area (Å²) in [4.78, 5) is 36.1. The third-order valence-electron chi connectivity index (χ3n) is 7.58. The zero-order valence-corrected chi connectivity index (χ0v) is 27.6. The molecule has 1 aliphatic rings. The molecule has 1 saturated heterocycles. The number of halogens is 3. The molecule has 4 aromatic rings. The van der Waals surface area contributed by atoms with Crippen LogP contribution in [0.5, 0.6) is 11.5 Å². The van der Waals surface area contributed by atoms with Crippen LogP contribution < -0.4 is 19.7 Å². The van der Waals surface area contributed by atoms with Crippen LogP contribution in [0, 0.1) is 5.92 Å². The lowest BCUT2D eigenvalue weighted by atomic mass is 9.95. The van der Waals surface area contributed by atoms with Gasteiger partial charge in [0.15, 0.2) is 11.0 Å². The van der Waals surface area contributed by atoms with Crippen LogP contribution in [0.15, 0.2) is 78.0 Å². The van der Waals surface area contributed by atoms with E-state index >= 15 is 0 Å². The minimum Gasteiger partial charge on any atom is -0.497 e. The van der Waals surface area contributed by atoms with E-state index in [4.69, 9.17) is 4.74 Å². The van der Waals surface area contributed by atoms with Gasteiger partial charge in [0.05, 0.1) is 24.2 Å². The van der Waals surface area contributed by atoms with Crippen LogP contribution in [0.4, 0.5) is 23.7 Å². The van der Waals surface area contributed by atoms with Crippen LogP contribution in [-0.2, 0) is 11.2 Å². The molecular weight excluding hydrogens is 645 g/mol. The summed E-state index contributed by atoms with van der Waals surface area (Å²) in [6, 6.07) is 18.0. The molecule has 0 spiro atoms. The van der Waals surface area contributed by atoms with Crippen molar-refractivity contribution in [3.8, 4) is 28.6 Å². The van der Waals surface area contributed by atoms with Crippen molar-refractivity contribution in [2.24, 2.45) is 10.9 Å². The van der Waals surface area contributed by atoms with E-state index in [9.17, 15) is 22.8 Å². The number of ether oxygens (including phenoxy) is 2. The predicted molar refractivity (Wildman–Crippen MR) is 179 cm³/mol. The number of thioether (sulfide) groups is 1. The van der Waals surface area contributed by atoms with Crippen molar-refractivity contribution in [1.82, 2.24) is 20.1 Å². The lowest BCUT2D eigenvalue weighted by Gasteiger charge is -2.21. The summed E-state index contributed by atoms with van der Waals surface area (Å²) in [6.07, 6.45) is -1.79. The summed E-state index contributed by atoms with van der Waals surface area (Å²) >= 11 is 1.23. The molecule has 0 bridgehead atoms. The molecule has 10 nitrogen and oxygen atoms in total. The number of urea groups is 1. The van der Waals surface area contributed by atoms with Crippen LogP contribution >= 0.6 is 11.8 Å². The van der Waals surface area contributed by atoms with Crippen molar-refractivity contribution in [1.29, 1.82) is 0 Å². The van der Waals surface area contributed by atoms with E-state index in [1.165, 1.54) is 51.9 Å². The smallest absolute Gasteiger partial charge is 0.497 e. The molecule has 1 aliphatic heterocycles. The zero-order chi connectivity index (χ0) is 34.4. The fraction of sp³-hybridized carbons (Fsp3) is 0.324. The third kappa shape index (κ3) is 8.54. The van der Waals surface area contributed by atoms with Crippen molar-refractivity contribution >= 4 is 34.6 Å². The van der Waals surface area contributed by atoms with Crippen molar-refractivity contribution in [2.45, 2.75) is 45.9 Å². The Morgan fingerprint density at radius 1 is 1.06 bits per heavy atom. The molecule has 14 heteroatoms. The van der Waals surface area contributed by atoms with E-state index in [0.29, 0.717) is 40.6 Å². The van der Waals surface area contributed by atoms with Gasteiger partial charge in [0.2, 0.25) is 5.91 Å². The normalized spacial score (nSPS) is 14.9. The van der Waals surface area contributed by atoms with E-state index in [-0.39, 0.29) is 23.3 Å². The van der Waals surface area contributed by atoms with Crippen LogP contribution in [0.3, 0.4) is 0 Å². The molecule has 1 N–H and O–H groups in total. The van der Waals surface area contributed by atoms with E-state index in [0.717, 1.165) is 29.5 Å². The second-order valence-corrected chi connectivity index (χ2v) is 12.4. The Labute approximate surface area is 280 Å². The Morgan fingerprint density at radius 2 is 1.77 bits per heavy atom. The number of aliphatic imine (C=N–C) groups is 1. The monoisotopic (exact) mass is 680 g/mol. The van der Waals surface area contributed by atoms with Crippen LogP contribution in [0.2, 0.25) is 0 Å². The standard InChI is InChI=1S/C34H35F3N6O4S/c1-5-22(18-38-32(45)40-33-43(30(44)19-48-33)29-17-28(46-4)13-10-25(29)16-21(2)3)23-6-8-24(9-7-23)31-39-20-42(41-31)26-11-14-27(15-12-26)47-34(35,36)37/h6-15,17,20-22H,5,16,18-19H2,1-4H3,(H,38,45). The van der Waals surface area contributed by atoms with E-state index in [1.807, 2.05) is 43.3 Å². The van der Waals surface area contributed by atoms with E-state index in [1.54, 1.807) is 13.2 Å². The first-order chi connectivity index (χ1) is 22.9. The van der Waals surface area contributed by atoms with Crippen LogP contribution in [-0.4, -0.2) is 57.6 Å². The number of hydrogen-bond acceptors (Lipinski definition) is 7. The number of nitrogens with zero attached hydrogens (tertiary/aromatic N) is 5. The molecule has 252 valence electrons. The summed E-state index contributed by atoms with van der Waals surface area (Å²) in [6.45, 7) is 6.57. The molecule has 2 heterocycles. The summed E-state index contributed by atoms with van der Waals surface area (Å²) in [5.41, 5.74) is 3.91. The van der Waals surface area contributed by atoms with Gasteiger partial charge in [-0.2, -0.15) is 4.99 Å². The molecular formula is C34H35F3N6O4S. The van der Waals surface area contributed by atoms with Crippen LogP contribution in [0.1, 0.15) is 44.2 Å². The molecule has 1 fully saturated rings. The van der Waals surface area contributed by atoms with Crippen molar-refractivity contribution in [3.05, 3.63) is 84.2 Å². The molecule has 0 aliphatic carbocycles. The number of alkyl halides is 3. The number of rotatable bonds is 11. The number of carbonyl (C=O) groups is 2. The first-order valence-electron chi connectivity index (χ1n) is 15.3. The quantitative estimate of drug-likeness (QED) is 0.176. The number of aromatic nitrogens is 3. The highest BCUT2D eigenvalue weighted by molar-refractivity contribution is 8.15. The fourth-order valence-corrected chi connectivity index (χ4v) is 6.09. The van der Waals surface area contributed by atoms with Gasteiger partial charge in [-0.3, -0.25) is 9.69 Å². The zero-order valence-electron chi connectivity index (χ0n) is 26.8. The Kier molecular flexibility index (Phi) is 10.7. The summed E-state index contributed by atoms with van der Waals surface area (Å²) in [7, 11) is 1.57. The number of carbonyl (C=O) groups excluding carboxylic acids is 2. The van der Waals surface area contributed by atoms with Gasteiger partial charge in [0.1, 0.15) is 17.8 Å². The van der Waals surface area contributed by atoms with Crippen LogP contribution in [0.25, 0.3) is 17.1 Å². The Bertz CT molecular complexity index is 1770. The van der Waals surface area contributed by atoms with Gasteiger partial charge < -0.3 is 14.8 Å². The predicted octanol–water partition coefficient (Wildman–Crippen LogP) is 7.38. The molecule has 0 radical (unpaired) electrons. The van der Waals surface area contributed by atoms with E-state index < -0.39 is 12.4 Å². The average Bonchev–Trinajstić information content (AvgIpc) is 3.68. The van der Waals surface area contributed by atoms with Gasteiger partial charge in [0, 0.05) is 24.1 Å². The molecule has 3 aromatic carbocycles. The topological polar surface area (TPSA) is 111 Å². The van der Waals surface area contributed by atoms with Crippen molar-refractivity contribution in [2.75, 3.05) is 24.3 Å². The Morgan fingerprint density at radius 3 is 2.42 bits per heavy atom. The second kappa shape index (κ2) is 14.9. The molecule has 5 rings (SSSR count). The van der Waals surface area contributed by atoms with Gasteiger partial charge in [-0.1, -0.05) is 62.9 Å². The molecule has 1 atom stereocenters. The maximum Gasteiger partial charge on any atom is 0.573 e. The van der Waals surface area contributed by atoms with Gasteiger partial charge >= 0.3 is 12.4 Å². The maximum absolute atomic E-state index is 13.0. The summed E-state index contributed by atoms with van der Waals surface area (Å²) in [5, 5.41) is 7.68. The minimum absolute atomic E-state index is 0.00357. The van der Waals surface area contributed by atoms with Crippen molar-refractivity contribution in [3.63, 3.8) is 0 Å². The Hall–Kier alpha value is -4.85. The SMILES string of the molecule is CCC(CNC(=O)N=C1SCC(=O)N1c1cc(OC)ccc1CC(C)C)c1ccc(-c2ncn(-c3ccc(OC(F)(F)F)cc3)n2)cc1. The summed E-state index contributed by atoms with van der Waals surface area (Å²) in [5.74, 6) is 1.12. The number of methoxy groups -OCH3 is 1. The first-order valence-corrected chi connectivity index (χ1v) is 16.3. The fourth-order valence-electron chi connectivity index (χ4n) is 5.23. The highest BCUT2D eigenvalue weighted by atomic mass is 32.2. The van der Waals surface area contributed by atoms with Gasteiger partial charge in [-0.15, -0.1) is 18.3 Å². The Balaban J connectivity index is 1.23. The van der Waals surface area contributed by atoms with Crippen molar-refractivity contribution < 1.29 is 32.2 Å².